The van der Waals surface area contributed by atoms with Gasteiger partial charge in [-0.2, -0.15) is 0 Å². The highest BCUT2D eigenvalue weighted by Gasteiger charge is 2.27. The Balaban J connectivity index is 2.13. The van der Waals surface area contributed by atoms with Crippen molar-refractivity contribution in [2.45, 2.75) is 32.2 Å². The number of carbonyl (C=O) groups excluding carboxylic acids is 2. The Morgan fingerprint density at radius 3 is 2.86 bits per heavy atom. The molecule has 1 aliphatic heterocycles. The maximum absolute atomic E-state index is 13.6. The molecule has 1 aromatic carbocycles. The number of nitrogens with two attached hydrogens (primary N) is 1. The normalized spacial score (nSPS) is 18.4. The van der Waals surface area contributed by atoms with Crippen LogP contribution in [0.15, 0.2) is 18.2 Å². The van der Waals surface area contributed by atoms with Gasteiger partial charge in [-0.15, -0.1) is 0 Å². The molecule has 3 amide bonds. The van der Waals surface area contributed by atoms with E-state index >= 15 is 0 Å². The summed E-state index contributed by atoms with van der Waals surface area (Å²) in [6, 6.07) is 3.81. The Labute approximate surface area is 123 Å². The van der Waals surface area contributed by atoms with E-state index in [0.717, 1.165) is 19.3 Å². The number of piperidine rings is 1. The van der Waals surface area contributed by atoms with E-state index < -0.39 is 6.03 Å². The largest absolute Gasteiger partial charge is 0.352 e. The zero-order chi connectivity index (χ0) is 15.4. The lowest BCUT2D eigenvalue weighted by Gasteiger charge is -2.35. The fourth-order valence-electron chi connectivity index (χ4n) is 2.59. The molecule has 1 saturated heterocycles. The van der Waals surface area contributed by atoms with Gasteiger partial charge >= 0.3 is 6.03 Å². The number of likely N-dealkylation sites (tertiary alicyclic amines) is 1. The van der Waals surface area contributed by atoms with Crippen LogP contribution in [-0.2, 0) is 0 Å². The first-order valence-electron chi connectivity index (χ1n) is 7.09. The standard InChI is InChI=1S/C15H20FN3O2/c1-10-5-6-11(8-13(10)16)14(20)19-7-3-2-4-12(19)9-18-15(17)21/h5-6,8,12H,2-4,7,9H2,1H3,(H3,17,18,21)/t12-/m1/s1. The van der Waals surface area contributed by atoms with Crippen molar-refractivity contribution >= 4 is 11.9 Å². The summed E-state index contributed by atoms with van der Waals surface area (Å²) in [5.74, 6) is -0.588. The minimum absolute atomic E-state index is 0.0943. The summed E-state index contributed by atoms with van der Waals surface area (Å²) in [6.07, 6.45) is 2.71. The zero-order valence-corrected chi connectivity index (χ0v) is 12.1. The number of nitrogens with zero attached hydrogens (tertiary/aromatic N) is 1. The topological polar surface area (TPSA) is 75.4 Å². The molecule has 1 heterocycles. The summed E-state index contributed by atoms with van der Waals surface area (Å²) < 4.78 is 13.6. The van der Waals surface area contributed by atoms with Gasteiger partial charge in [0.05, 0.1) is 0 Å². The Morgan fingerprint density at radius 2 is 2.19 bits per heavy atom. The number of hydrogen-bond acceptors (Lipinski definition) is 2. The van der Waals surface area contributed by atoms with Crippen LogP contribution in [0.3, 0.4) is 0 Å². The molecule has 1 aliphatic rings. The average Bonchev–Trinajstić information content (AvgIpc) is 2.47. The molecule has 21 heavy (non-hydrogen) atoms. The third-order valence-electron chi connectivity index (χ3n) is 3.82. The summed E-state index contributed by atoms with van der Waals surface area (Å²) in [7, 11) is 0. The highest BCUT2D eigenvalue weighted by Crippen LogP contribution is 2.20. The molecule has 0 radical (unpaired) electrons. The number of rotatable bonds is 3. The summed E-state index contributed by atoms with van der Waals surface area (Å²) in [5.41, 5.74) is 5.92. The van der Waals surface area contributed by atoms with Gasteiger partial charge in [-0.25, -0.2) is 9.18 Å². The SMILES string of the molecule is Cc1ccc(C(=O)N2CCCC[C@@H]2CNC(N)=O)cc1F. The lowest BCUT2D eigenvalue weighted by atomic mass is 10.0. The van der Waals surface area contributed by atoms with Crippen molar-refractivity contribution in [3.63, 3.8) is 0 Å². The first kappa shape index (κ1) is 15.3. The molecular formula is C15H20FN3O2. The molecule has 114 valence electrons. The number of nitrogens with one attached hydrogen (secondary N) is 1. The predicted molar refractivity (Wildman–Crippen MR) is 77.4 cm³/mol. The highest BCUT2D eigenvalue weighted by molar-refractivity contribution is 5.94. The number of halogens is 1. The Bertz CT molecular complexity index is 548. The van der Waals surface area contributed by atoms with Crippen LogP contribution in [0.4, 0.5) is 9.18 Å². The molecule has 0 aliphatic carbocycles. The number of amides is 3. The third-order valence-corrected chi connectivity index (χ3v) is 3.82. The van der Waals surface area contributed by atoms with Crippen LogP contribution >= 0.6 is 0 Å². The van der Waals surface area contributed by atoms with E-state index in [0.29, 0.717) is 24.2 Å². The van der Waals surface area contributed by atoms with Gasteiger partial charge in [0.15, 0.2) is 0 Å². The second kappa shape index (κ2) is 6.56. The third kappa shape index (κ3) is 3.71. The van der Waals surface area contributed by atoms with Gasteiger partial charge in [0.25, 0.3) is 5.91 Å². The highest BCUT2D eigenvalue weighted by atomic mass is 19.1. The van der Waals surface area contributed by atoms with Crippen molar-refractivity contribution in [3.8, 4) is 0 Å². The number of urea groups is 1. The van der Waals surface area contributed by atoms with Crippen molar-refractivity contribution in [1.82, 2.24) is 10.2 Å². The molecule has 1 fully saturated rings. The molecular weight excluding hydrogens is 273 g/mol. The van der Waals surface area contributed by atoms with Crippen molar-refractivity contribution < 1.29 is 14.0 Å². The smallest absolute Gasteiger partial charge is 0.312 e. The quantitative estimate of drug-likeness (QED) is 0.891. The number of hydrogen-bond donors (Lipinski definition) is 2. The lowest BCUT2D eigenvalue weighted by Crippen LogP contribution is -2.50. The molecule has 0 spiro atoms. The van der Waals surface area contributed by atoms with Gasteiger partial charge in [0.2, 0.25) is 0 Å². The molecule has 2 rings (SSSR count). The molecule has 0 bridgehead atoms. The monoisotopic (exact) mass is 293 g/mol. The Morgan fingerprint density at radius 1 is 1.43 bits per heavy atom. The summed E-state index contributed by atoms with van der Waals surface area (Å²) in [4.78, 5) is 25.1. The number of carbonyl (C=O) groups is 2. The molecule has 0 aromatic heterocycles. The number of aryl methyl sites for hydroxylation is 1. The van der Waals surface area contributed by atoms with Gasteiger partial charge in [-0.3, -0.25) is 4.79 Å². The van der Waals surface area contributed by atoms with Crippen LogP contribution in [0.5, 0.6) is 0 Å². The van der Waals surface area contributed by atoms with E-state index in [9.17, 15) is 14.0 Å². The van der Waals surface area contributed by atoms with Gasteiger partial charge in [-0.05, 0) is 43.9 Å². The summed E-state index contributed by atoms with van der Waals surface area (Å²) in [5, 5.41) is 2.54. The number of benzene rings is 1. The van der Waals surface area contributed by atoms with Gasteiger partial charge < -0.3 is 16.0 Å². The van der Waals surface area contributed by atoms with Crippen LogP contribution in [0.2, 0.25) is 0 Å². The summed E-state index contributed by atoms with van der Waals surface area (Å²) in [6.45, 7) is 2.60. The second-order valence-corrected chi connectivity index (χ2v) is 5.36. The fourth-order valence-corrected chi connectivity index (χ4v) is 2.59. The van der Waals surface area contributed by atoms with E-state index in [4.69, 9.17) is 5.73 Å². The van der Waals surface area contributed by atoms with Gasteiger partial charge in [0.1, 0.15) is 5.82 Å². The van der Waals surface area contributed by atoms with Gasteiger partial charge in [0, 0.05) is 24.7 Å². The first-order chi connectivity index (χ1) is 9.99. The minimum atomic E-state index is -0.602. The van der Waals surface area contributed by atoms with Crippen molar-refractivity contribution in [3.05, 3.63) is 35.1 Å². The van der Waals surface area contributed by atoms with E-state index in [2.05, 4.69) is 5.32 Å². The van der Waals surface area contributed by atoms with Crippen LogP contribution in [0.25, 0.3) is 0 Å². The van der Waals surface area contributed by atoms with Crippen molar-refractivity contribution in [2.75, 3.05) is 13.1 Å². The zero-order valence-electron chi connectivity index (χ0n) is 12.1. The molecule has 0 unspecified atom stereocenters. The van der Waals surface area contributed by atoms with E-state index in [-0.39, 0.29) is 17.8 Å². The summed E-state index contributed by atoms with van der Waals surface area (Å²) >= 11 is 0. The van der Waals surface area contributed by atoms with E-state index in [1.165, 1.54) is 6.07 Å². The Hall–Kier alpha value is -2.11. The average molecular weight is 293 g/mol. The van der Waals surface area contributed by atoms with Crippen molar-refractivity contribution in [1.29, 1.82) is 0 Å². The molecule has 6 heteroatoms. The number of primary amides is 1. The predicted octanol–water partition coefficient (Wildman–Crippen LogP) is 1.80. The maximum Gasteiger partial charge on any atom is 0.312 e. The van der Waals surface area contributed by atoms with E-state index in [1.807, 2.05) is 0 Å². The maximum atomic E-state index is 13.6. The first-order valence-corrected chi connectivity index (χ1v) is 7.09. The molecule has 3 N–H and O–H groups in total. The molecule has 5 nitrogen and oxygen atoms in total. The fraction of sp³-hybridized carbons (Fsp3) is 0.467. The molecule has 1 atom stereocenters. The van der Waals surface area contributed by atoms with Crippen LogP contribution in [0, 0.1) is 12.7 Å². The Kier molecular flexibility index (Phi) is 4.77. The molecule has 0 saturated carbocycles. The van der Waals surface area contributed by atoms with Crippen LogP contribution in [-0.4, -0.2) is 36.0 Å². The van der Waals surface area contributed by atoms with Crippen LogP contribution < -0.4 is 11.1 Å². The van der Waals surface area contributed by atoms with Crippen molar-refractivity contribution in [2.24, 2.45) is 5.73 Å². The van der Waals surface area contributed by atoms with Crippen LogP contribution in [0.1, 0.15) is 35.2 Å². The minimum Gasteiger partial charge on any atom is -0.352 e. The van der Waals surface area contributed by atoms with Gasteiger partial charge in [-0.1, -0.05) is 6.07 Å². The molecule has 1 aromatic rings. The van der Waals surface area contributed by atoms with E-state index in [1.54, 1.807) is 24.0 Å². The second-order valence-electron chi connectivity index (χ2n) is 5.36. The lowest BCUT2D eigenvalue weighted by molar-refractivity contribution is 0.0614.